The van der Waals surface area contributed by atoms with E-state index in [-0.39, 0.29) is 5.91 Å². The van der Waals surface area contributed by atoms with Gasteiger partial charge in [-0.05, 0) is 52.7 Å². The third-order valence-electron chi connectivity index (χ3n) is 6.87. The number of piperidine rings is 1. The lowest BCUT2D eigenvalue weighted by molar-refractivity contribution is 0.0704. The van der Waals surface area contributed by atoms with Crippen LogP contribution in [0.25, 0.3) is 16.9 Å². The van der Waals surface area contributed by atoms with E-state index in [1.807, 2.05) is 24.8 Å². The number of fused-ring (bicyclic) bond motifs is 1. The Hall–Kier alpha value is -3.33. The van der Waals surface area contributed by atoms with Gasteiger partial charge in [0.2, 0.25) is 0 Å². The monoisotopic (exact) mass is 489 g/mol. The SMILES string of the molecule is CCN(CC)c1ccc(-c2csc(C3CCN(C(=O)c4nnc5cc(C)nn5c4C)CC3)n2)cc1. The Morgan fingerprint density at radius 2 is 1.80 bits per heavy atom. The highest BCUT2D eigenvalue weighted by Gasteiger charge is 2.28. The molecule has 182 valence electrons. The zero-order valence-electron chi connectivity index (χ0n) is 20.7. The van der Waals surface area contributed by atoms with Crippen LogP contribution >= 0.6 is 11.3 Å². The van der Waals surface area contributed by atoms with Crippen LogP contribution in [0, 0.1) is 13.8 Å². The van der Waals surface area contributed by atoms with Crippen molar-refractivity contribution in [1.29, 1.82) is 0 Å². The molecule has 4 aromatic rings. The molecule has 8 nitrogen and oxygen atoms in total. The lowest BCUT2D eigenvalue weighted by Crippen LogP contribution is -2.39. The highest BCUT2D eigenvalue weighted by Crippen LogP contribution is 2.33. The minimum atomic E-state index is -0.0726. The average molecular weight is 490 g/mol. The van der Waals surface area contributed by atoms with Crippen LogP contribution < -0.4 is 4.90 Å². The first-order chi connectivity index (χ1) is 17.0. The van der Waals surface area contributed by atoms with Gasteiger partial charge >= 0.3 is 0 Å². The number of aryl methyl sites for hydroxylation is 2. The number of carbonyl (C=O) groups is 1. The van der Waals surface area contributed by atoms with E-state index < -0.39 is 0 Å². The van der Waals surface area contributed by atoms with Gasteiger partial charge in [0.25, 0.3) is 5.91 Å². The fourth-order valence-electron chi connectivity index (χ4n) is 4.79. The number of nitrogens with zero attached hydrogens (tertiary/aromatic N) is 7. The van der Waals surface area contributed by atoms with Gasteiger partial charge in [-0.25, -0.2) is 9.50 Å². The second kappa shape index (κ2) is 9.73. The molecule has 1 aliphatic heterocycles. The summed E-state index contributed by atoms with van der Waals surface area (Å²) >= 11 is 1.72. The lowest BCUT2D eigenvalue weighted by Gasteiger charge is -2.31. The second-order valence-electron chi connectivity index (χ2n) is 9.05. The van der Waals surface area contributed by atoms with E-state index in [9.17, 15) is 4.79 Å². The number of likely N-dealkylation sites (tertiary alicyclic amines) is 1. The van der Waals surface area contributed by atoms with Crippen molar-refractivity contribution in [2.75, 3.05) is 31.1 Å². The summed E-state index contributed by atoms with van der Waals surface area (Å²) in [5.41, 5.74) is 6.05. The number of amides is 1. The maximum atomic E-state index is 13.2. The molecule has 5 rings (SSSR count). The van der Waals surface area contributed by atoms with Crippen LogP contribution in [0.1, 0.15) is 59.5 Å². The van der Waals surface area contributed by atoms with Crippen molar-refractivity contribution in [3.63, 3.8) is 0 Å². The molecule has 1 amide bonds. The van der Waals surface area contributed by atoms with Crippen LogP contribution in [0.5, 0.6) is 0 Å². The van der Waals surface area contributed by atoms with E-state index in [0.717, 1.165) is 53.6 Å². The first-order valence-electron chi connectivity index (χ1n) is 12.3. The van der Waals surface area contributed by atoms with Gasteiger partial charge in [0.05, 0.1) is 22.1 Å². The van der Waals surface area contributed by atoms with Gasteiger partial charge in [-0.3, -0.25) is 4.79 Å². The van der Waals surface area contributed by atoms with E-state index in [4.69, 9.17) is 4.98 Å². The van der Waals surface area contributed by atoms with Crippen LogP contribution in [-0.4, -0.2) is 61.8 Å². The molecule has 0 aliphatic carbocycles. The van der Waals surface area contributed by atoms with Gasteiger partial charge < -0.3 is 9.80 Å². The molecular weight excluding hydrogens is 458 g/mol. The maximum absolute atomic E-state index is 13.2. The summed E-state index contributed by atoms with van der Waals surface area (Å²) in [6, 6.07) is 10.5. The smallest absolute Gasteiger partial charge is 0.276 e. The Bertz CT molecular complexity index is 1330. The molecule has 0 radical (unpaired) electrons. The minimum Gasteiger partial charge on any atom is -0.372 e. The molecule has 0 atom stereocenters. The Labute approximate surface area is 209 Å². The summed E-state index contributed by atoms with van der Waals surface area (Å²) < 4.78 is 1.70. The largest absolute Gasteiger partial charge is 0.372 e. The molecule has 0 spiro atoms. The average Bonchev–Trinajstić information content (AvgIpc) is 3.52. The zero-order valence-corrected chi connectivity index (χ0v) is 21.5. The van der Waals surface area contributed by atoms with E-state index in [1.165, 1.54) is 5.69 Å². The molecule has 0 saturated carbocycles. The summed E-state index contributed by atoms with van der Waals surface area (Å²) in [5.74, 6) is 0.299. The number of carbonyl (C=O) groups excluding carboxylic acids is 1. The van der Waals surface area contributed by atoms with E-state index in [1.54, 1.807) is 15.9 Å². The van der Waals surface area contributed by atoms with E-state index in [0.29, 0.717) is 30.3 Å². The van der Waals surface area contributed by atoms with Crippen LogP contribution in [0.2, 0.25) is 0 Å². The fourth-order valence-corrected chi connectivity index (χ4v) is 5.79. The number of aromatic nitrogens is 5. The maximum Gasteiger partial charge on any atom is 0.276 e. The van der Waals surface area contributed by atoms with Gasteiger partial charge in [0.1, 0.15) is 0 Å². The Balaban J connectivity index is 1.24. The van der Waals surface area contributed by atoms with Crippen LogP contribution in [-0.2, 0) is 0 Å². The third kappa shape index (κ3) is 4.52. The van der Waals surface area contributed by atoms with Crippen LogP contribution in [0.15, 0.2) is 35.7 Å². The Morgan fingerprint density at radius 3 is 2.49 bits per heavy atom. The normalized spacial score (nSPS) is 14.6. The quantitative estimate of drug-likeness (QED) is 0.390. The summed E-state index contributed by atoms with van der Waals surface area (Å²) in [4.78, 5) is 22.4. The minimum absolute atomic E-state index is 0.0726. The molecule has 1 aliphatic rings. The van der Waals surface area contributed by atoms with Crippen LogP contribution in [0.3, 0.4) is 0 Å². The Kier molecular flexibility index (Phi) is 6.51. The molecule has 1 saturated heterocycles. The molecular formula is C26H31N7OS. The van der Waals surface area contributed by atoms with E-state index in [2.05, 4.69) is 63.7 Å². The van der Waals surface area contributed by atoms with Crippen molar-refractivity contribution in [3.05, 3.63) is 57.8 Å². The molecule has 0 N–H and O–H groups in total. The van der Waals surface area contributed by atoms with E-state index >= 15 is 0 Å². The first kappa shape index (κ1) is 23.4. The first-order valence-corrected chi connectivity index (χ1v) is 13.2. The molecule has 3 aromatic heterocycles. The second-order valence-corrected chi connectivity index (χ2v) is 9.94. The number of hydrogen-bond donors (Lipinski definition) is 0. The third-order valence-corrected chi connectivity index (χ3v) is 7.88. The molecule has 1 aromatic carbocycles. The molecule has 35 heavy (non-hydrogen) atoms. The molecule has 9 heteroatoms. The number of anilines is 1. The molecule has 4 heterocycles. The summed E-state index contributed by atoms with van der Waals surface area (Å²) in [5, 5.41) is 16.2. The lowest BCUT2D eigenvalue weighted by atomic mass is 9.97. The molecule has 1 fully saturated rings. The fraction of sp³-hybridized carbons (Fsp3) is 0.423. The summed E-state index contributed by atoms with van der Waals surface area (Å²) in [6.45, 7) is 11.5. The predicted octanol–water partition coefficient (Wildman–Crippen LogP) is 4.73. The van der Waals surface area contributed by atoms with Gasteiger partial charge in [0.15, 0.2) is 11.3 Å². The van der Waals surface area contributed by atoms with Crippen molar-refractivity contribution in [1.82, 2.24) is 29.7 Å². The number of rotatable bonds is 6. The van der Waals surface area contributed by atoms with Gasteiger partial charge in [-0.15, -0.1) is 21.5 Å². The van der Waals surface area contributed by atoms with Crippen molar-refractivity contribution in [2.45, 2.75) is 46.5 Å². The molecule has 0 unspecified atom stereocenters. The van der Waals surface area contributed by atoms with Crippen molar-refractivity contribution in [2.24, 2.45) is 0 Å². The zero-order chi connectivity index (χ0) is 24.5. The van der Waals surface area contributed by atoms with Crippen molar-refractivity contribution in [3.8, 4) is 11.3 Å². The standard InChI is InChI=1S/C26H31N7OS/c1-5-31(6-2)21-9-7-19(8-10-21)22-16-35-25(27-22)20-11-13-32(14-12-20)26(34)24-18(4)33-23(28-29-24)15-17(3)30-33/h7-10,15-16,20H,5-6,11-14H2,1-4H3. The Morgan fingerprint density at radius 1 is 1.09 bits per heavy atom. The predicted molar refractivity (Wildman–Crippen MR) is 139 cm³/mol. The summed E-state index contributed by atoms with van der Waals surface area (Å²) in [7, 11) is 0. The number of thiazole rings is 1. The molecule has 0 bridgehead atoms. The van der Waals surface area contributed by atoms with Crippen molar-refractivity contribution >= 4 is 28.6 Å². The summed E-state index contributed by atoms with van der Waals surface area (Å²) in [6.07, 6.45) is 1.80. The van der Waals surface area contributed by atoms with Gasteiger partial charge in [-0.2, -0.15) is 5.10 Å². The number of hydrogen-bond acceptors (Lipinski definition) is 7. The highest BCUT2D eigenvalue weighted by atomic mass is 32.1. The van der Waals surface area contributed by atoms with Gasteiger partial charge in [0, 0.05) is 54.8 Å². The highest BCUT2D eigenvalue weighted by molar-refractivity contribution is 7.10. The number of benzene rings is 1. The topological polar surface area (TPSA) is 79.5 Å². The van der Waals surface area contributed by atoms with Gasteiger partial charge in [-0.1, -0.05) is 12.1 Å². The van der Waals surface area contributed by atoms with Crippen molar-refractivity contribution < 1.29 is 4.79 Å². The van der Waals surface area contributed by atoms with Crippen LogP contribution in [0.4, 0.5) is 5.69 Å².